The number of nitrogens with zero attached hydrogens (tertiary/aromatic N) is 1. The average Bonchev–Trinajstić information content (AvgIpc) is 2.83. The standard InChI is InChI=1S/C18H18N2O3/c1-12-5-3-4-6-16(12)20-17(21)11-15(18(20)22)19-13-7-9-14(23-2)10-8-13/h3-10,15,19H,11H2,1-2H3/t15-/m0/s1. The number of anilines is 2. The molecule has 5 nitrogen and oxygen atoms in total. The lowest BCUT2D eigenvalue weighted by molar-refractivity contribution is -0.121. The Kier molecular flexibility index (Phi) is 4.02. The highest BCUT2D eigenvalue weighted by atomic mass is 16.5. The Morgan fingerprint density at radius 2 is 1.78 bits per heavy atom. The van der Waals surface area contributed by atoms with E-state index in [2.05, 4.69) is 5.32 Å². The zero-order valence-electron chi connectivity index (χ0n) is 13.1. The van der Waals surface area contributed by atoms with Gasteiger partial charge in [-0.1, -0.05) is 18.2 Å². The van der Waals surface area contributed by atoms with Gasteiger partial charge in [-0.05, 0) is 42.8 Å². The van der Waals surface area contributed by atoms with E-state index in [0.717, 1.165) is 17.0 Å². The second kappa shape index (κ2) is 6.12. The number of para-hydroxylation sites is 1. The summed E-state index contributed by atoms with van der Waals surface area (Å²) in [5.74, 6) is 0.335. The monoisotopic (exact) mass is 310 g/mol. The average molecular weight is 310 g/mol. The zero-order valence-corrected chi connectivity index (χ0v) is 13.1. The molecule has 0 unspecified atom stereocenters. The number of rotatable bonds is 4. The van der Waals surface area contributed by atoms with Gasteiger partial charge in [0.05, 0.1) is 19.2 Å². The smallest absolute Gasteiger partial charge is 0.256 e. The predicted octanol–water partition coefficient (Wildman–Crippen LogP) is 2.75. The molecule has 1 N–H and O–H groups in total. The molecule has 1 heterocycles. The molecule has 2 amide bonds. The van der Waals surface area contributed by atoms with Crippen LogP contribution in [-0.4, -0.2) is 25.0 Å². The van der Waals surface area contributed by atoms with Crippen molar-refractivity contribution in [3.63, 3.8) is 0 Å². The van der Waals surface area contributed by atoms with E-state index in [9.17, 15) is 9.59 Å². The number of carbonyl (C=O) groups is 2. The number of imide groups is 1. The third-order valence-electron chi connectivity index (χ3n) is 3.93. The van der Waals surface area contributed by atoms with Crippen molar-refractivity contribution in [2.24, 2.45) is 0 Å². The van der Waals surface area contributed by atoms with E-state index in [1.165, 1.54) is 4.90 Å². The van der Waals surface area contributed by atoms with Crippen LogP contribution in [0.1, 0.15) is 12.0 Å². The lowest BCUT2D eigenvalue weighted by atomic mass is 10.2. The summed E-state index contributed by atoms with van der Waals surface area (Å²) in [5.41, 5.74) is 2.34. The van der Waals surface area contributed by atoms with Crippen molar-refractivity contribution in [1.82, 2.24) is 0 Å². The van der Waals surface area contributed by atoms with Crippen molar-refractivity contribution < 1.29 is 14.3 Å². The predicted molar refractivity (Wildman–Crippen MR) is 88.7 cm³/mol. The van der Waals surface area contributed by atoms with Crippen LogP contribution in [0, 0.1) is 6.92 Å². The SMILES string of the molecule is COc1ccc(N[C@H]2CC(=O)N(c3ccccc3C)C2=O)cc1. The Labute approximate surface area is 134 Å². The maximum Gasteiger partial charge on any atom is 0.256 e. The van der Waals surface area contributed by atoms with Crippen LogP contribution in [0.3, 0.4) is 0 Å². The Balaban J connectivity index is 1.79. The molecule has 0 spiro atoms. The first-order valence-electron chi connectivity index (χ1n) is 7.43. The molecule has 0 bridgehead atoms. The van der Waals surface area contributed by atoms with Crippen molar-refractivity contribution in [1.29, 1.82) is 0 Å². The van der Waals surface area contributed by atoms with Gasteiger partial charge in [0, 0.05) is 5.69 Å². The summed E-state index contributed by atoms with van der Waals surface area (Å²) in [6.07, 6.45) is 0.152. The molecule has 1 atom stereocenters. The van der Waals surface area contributed by atoms with Crippen LogP contribution in [0.2, 0.25) is 0 Å². The van der Waals surface area contributed by atoms with Gasteiger partial charge in [0.15, 0.2) is 0 Å². The van der Waals surface area contributed by atoms with E-state index in [1.54, 1.807) is 13.2 Å². The number of aryl methyl sites for hydroxylation is 1. The molecule has 1 aliphatic rings. The lowest BCUT2D eigenvalue weighted by Gasteiger charge is -2.18. The molecule has 0 radical (unpaired) electrons. The van der Waals surface area contributed by atoms with Crippen molar-refractivity contribution in [3.8, 4) is 5.75 Å². The molecule has 2 aromatic carbocycles. The van der Waals surface area contributed by atoms with Crippen LogP contribution in [0.4, 0.5) is 11.4 Å². The van der Waals surface area contributed by atoms with E-state index >= 15 is 0 Å². The number of ether oxygens (including phenoxy) is 1. The minimum atomic E-state index is -0.546. The van der Waals surface area contributed by atoms with Gasteiger partial charge in [-0.2, -0.15) is 0 Å². The van der Waals surface area contributed by atoms with Gasteiger partial charge in [-0.25, -0.2) is 4.90 Å². The number of nitrogens with one attached hydrogen (secondary N) is 1. The molecule has 1 aliphatic heterocycles. The number of carbonyl (C=O) groups excluding carboxylic acids is 2. The third kappa shape index (κ3) is 2.90. The van der Waals surface area contributed by atoms with Crippen molar-refractivity contribution in [2.75, 3.05) is 17.3 Å². The van der Waals surface area contributed by atoms with E-state index in [-0.39, 0.29) is 18.2 Å². The van der Waals surface area contributed by atoms with E-state index in [4.69, 9.17) is 4.74 Å². The fourth-order valence-electron chi connectivity index (χ4n) is 2.70. The fraction of sp³-hybridized carbons (Fsp3) is 0.222. The van der Waals surface area contributed by atoms with Gasteiger partial charge in [0.2, 0.25) is 5.91 Å². The maximum absolute atomic E-state index is 12.6. The summed E-state index contributed by atoms with van der Waals surface area (Å²) in [6.45, 7) is 1.89. The molecule has 0 aliphatic carbocycles. The van der Waals surface area contributed by atoms with Crippen LogP contribution in [0.25, 0.3) is 0 Å². The first-order valence-corrected chi connectivity index (χ1v) is 7.43. The molecule has 23 heavy (non-hydrogen) atoms. The van der Waals surface area contributed by atoms with Crippen molar-refractivity contribution >= 4 is 23.2 Å². The first kappa shape index (κ1) is 15.1. The maximum atomic E-state index is 12.6. The minimum Gasteiger partial charge on any atom is -0.497 e. The minimum absolute atomic E-state index is 0.152. The quantitative estimate of drug-likeness (QED) is 0.882. The molecule has 2 aromatic rings. The molecule has 1 fully saturated rings. The number of amides is 2. The van der Waals surface area contributed by atoms with Crippen LogP contribution in [0.15, 0.2) is 48.5 Å². The number of benzene rings is 2. The molecule has 1 saturated heterocycles. The zero-order chi connectivity index (χ0) is 16.4. The molecule has 5 heteroatoms. The van der Waals surface area contributed by atoms with E-state index < -0.39 is 6.04 Å². The fourth-order valence-corrected chi connectivity index (χ4v) is 2.70. The molecule has 3 rings (SSSR count). The third-order valence-corrected chi connectivity index (χ3v) is 3.93. The van der Waals surface area contributed by atoms with Crippen molar-refractivity contribution in [3.05, 3.63) is 54.1 Å². The Morgan fingerprint density at radius 1 is 1.09 bits per heavy atom. The molecule has 0 saturated carbocycles. The second-order valence-electron chi connectivity index (χ2n) is 5.48. The summed E-state index contributed by atoms with van der Waals surface area (Å²) in [7, 11) is 1.60. The molecule has 0 aromatic heterocycles. The van der Waals surface area contributed by atoms with Gasteiger partial charge in [0.1, 0.15) is 11.8 Å². The number of hydrogen-bond donors (Lipinski definition) is 1. The van der Waals surface area contributed by atoms with E-state index in [0.29, 0.717) is 5.69 Å². The normalized spacial score (nSPS) is 17.5. The Bertz CT molecular complexity index is 740. The van der Waals surface area contributed by atoms with Gasteiger partial charge in [-0.15, -0.1) is 0 Å². The van der Waals surface area contributed by atoms with Crippen LogP contribution in [-0.2, 0) is 9.59 Å². The van der Waals surface area contributed by atoms with Gasteiger partial charge in [0.25, 0.3) is 5.91 Å². The van der Waals surface area contributed by atoms with Gasteiger partial charge >= 0.3 is 0 Å². The van der Waals surface area contributed by atoms with Gasteiger partial charge < -0.3 is 10.1 Å². The molecular formula is C18H18N2O3. The second-order valence-corrected chi connectivity index (χ2v) is 5.48. The first-order chi connectivity index (χ1) is 11.1. The van der Waals surface area contributed by atoms with Crippen LogP contribution in [0.5, 0.6) is 5.75 Å². The summed E-state index contributed by atoms with van der Waals surface area (Å²) >= 11 is 0. The number of methoxy groups -OCH3 is 1. The summed E-state index contributed by atoms with van der Waals surface area (Å²) in [4.78, 5) is 26.2. The number of hydrogen-bond acceptors (Lipinski definition) is 4. The van der Waals surface area contributed by atoms with Crippen molar-refractivity contribution in [2.45, 2.75) is 19.4 Å². The highest BCUT2D eigenvalue weighted by molar-refractivity contribution is 6.23. The topological polar surface area (TPSA) is 58.6 Å². The Hall–Kier alpha value is -2.82. The Morgan fingerprint density at radius 3 is 2.43 bits per heavy atom. The largest absolute Gasteiger partial charge is 0.497 e. The highest BCUT2D eigenvalue weighted by Gasteiger charge is 2.39. The summed E-state index contributed by atoms with van der Waals surface area (Å²) in [5, 5.41) is 3.12. The summed E-state index contributed by atoms with van der Waals surface area (Å²) < 4.78 is 5.11. The summed E-state index contributed by atoms with van der Waals surface area (Å²) in [6, 6.07) is 14.1. The van der Waals surface area contributed by atoms with Crippen LogP contribution < -0.4 is 15.0 Å². The highest BCUT2D eigenvalue weighted by Crippen LogP contribution is 2.27. The molecule has 118 valence electrons. The van der Waals surface area contributed by atoms with Gasteiger partial charge in [-0.3, -0.25) is 9.59 Å². The van der Waals surface area contributed by atoms with E-state index in [1.807, 2.05) is 49.4 Å². The van der Waals surface area contributed by atoms with Crippen LogP contribution >= 0.6 is 0 Å². The molecular weight excluding hydrogens is 292 g/mol. The lowest BCUT2D eigenvalue weighted by Crippen LogP contribution is -2.35.